The van der Waals surface area contributed by atoms with Crippen LogP contribution in [0.3, 0.4) is 0 Å². The van der Waals surface area contributed by atoms with Gasteiger partial charge >= 0.3 is 0 Å². The summed E-state index contributed by atoms with van der Waals surface area (Å²) in [5, 5.41) is 11.7. The fraction of sp³-hybridized carbons (Fsp3) is 0.571. The lowest BCUT2D eigenvalue weighted by Crippen LogP contribution is -2.43. The maximum Gasteiger partial charge on any atom is 0.243 e. The first-order valence-corrected chi connectivity index (χ1v) is 7.12. The van der Waals surface area contributed by atoms with Crippen LogP contribution in [0.15, 0.2) is 18.3 Å². The molecular weight excluding hydrogens is 238 g/mol. The third kappa shape index (κ3) is 1.98. The summed E-state index contributed by atoms with van der Waals surface area (Å²) in [5.74, 6) is 0.764. The molecule has 2 aromatic rings. The lowest BCUT2D eigenvalue weighted by molar-refractivity contribution is 0.377. The summed E-state index contributed by atoms with van der Waals surface area (Å²) < 4.78 is 1.85. The molecule has 2 fully saturated rings. The van der Waals surface area contributed by atoms with Gasteiger partial charge in [-0.2, -0.15) is 4.98 Å². The minimum absolute atomic E-state index is 0.511. The normalized spacial score (nSPS) is 29.8. The number of pyridine rings is 1. The van der Waals surface area contributed by atoms with E-state index >= 15 is 0 Å². The summed E-state index contributed by atoms with van der Waals surface area (Å²) in [6.07, 6.45) is 6.96. The van der Waals surface area contributed by atoms with Gasteiger partial charge in [-0.1, -0.05) is 6.07 Å². The Morgan fingerprint density at radius 2 is 2.11 bits per heavy atom. The fourth-order valence-corrected chi connectivity index (χ4v) is 3.46. The molecule has 2 saturated heterocycles. The summed E-state index contributed by atoms with van der Waals surface area (Å²) in [5.41, 5.74) is 2.11. The lowest BCUT2D eigenvalue weighted by Gasteiger charge is -2.29. The van der Waals surface area contributed by atoms with Gasteiger partial charge in [0.05, 0.1) is 0 Å². The predicted octanol–water partition coefficient (Wildman–Crippen LogP) is 1.73. The standard InChI is InChI=1S/C14H19N5/c1-9-3-2-6-19-13(9)17-14(18-19)16-12-7-10-4-5-11(8-12)15-10/h2-3,6,10-12,15H,4-5,7-8H2,1H3,(H,16,18). The number of hydrogen-bond donors (Lipinski definition) is 2. The Morgan fingerprint density at radius 3 is 2.84 bits per heavy atom. The molecule has 0 aliphatic carbocycles. The molecular formula is C14H19N5. The van der Waals surface area contributed by atoms with Crippen molar-refractivity contribution >= 4 is 11.6 Å². The van der Waals surface area contributed by atoms with E-state index in [0.29, 0.717) is 18.1 Å². The molecule has 2 N–H and O–H groups in total. The van der Waals surface area contributed by atoms with E-state index in [2.05, 4.69) is 33.7 Å². The number of fused-ring (bicyclic) bond motifs is 3. The highest BCUT2D eigenvalue weighted by molar-refractivity contribution is 5.50. The largest absolute Gasteiger partial charge is 0.350 e. The zero-order valence-corrected chi connectivity index (χ0v) is 11.1. The molecule has 4 rings (SSSR count). The molecule has 5 nitrogen and oxygen atoms in total. The third-order valence-corrected chi connectivity index (χ3v) is 4.36. The zero-order chi connectivity index (χ0) is 12.8. The second kappa shape index (κ2) is 4.20. The Kier molecular flexibility index (Phi) is 2.48. The average Bonchev–Trinajstić information content (AvgIpc) is 2.94. The maximum atomic E-state index is 4.60. The molecule has 0 aromatic carbocycles. The van der Waals surface area contributed by atoms with E-state index in [1.165, 1.54) is 25.7 Å². The van der Waals surface area contributed by atoms with Crippen LogP contribution in [-0.2, 0) is 0 Å². The van der Waals surface area contributed by atoms with Crippen LogP contribution >= 0.6 is 0 Å². The quantitative estimate of drug-likeness (QED) is 0.860. The zero-order valence-electron chi connectivity index (χ0n) is 11.1. The molecule has 100 valence electrons. The van der Waals surface area contributed by atoms with E-state index in [4.69, 9.17) is 0 Å². The van der Waals surface area contributed by atoms with Crippen molar-refractivity contribution in [3.8, 4) is 0 Å². The monoisotopic (exact) mass is 257 g/mol. The highest BCUT2D eigenvalue weighted by atomic mass is 15.3. The topological polar surface area (TPSA) is 54.2 Å². The van der Waals surface area contributed by atoms with Gasteiger partial charge in [0.2, 0.25) is 5.95 Å². The molecule has 2 atom stereocenters. The maximum absolute atomic E-state index is 4.60. The first-order valence-electron chi connectivity index (χ1n) is 7.12. The second-order valence-corrected chi connectivity index (χ2v) is 5.85. The van der Waals surface area contributed by atoms with Gasteiger partial charge in [0.1, 0.15) is 0 Å². The van der Waals surface area contributed by atoms with Gasteiger partial charge in [-0.3, -0.25) is 0 Å². The van der Waals surface area contributed by atoms with E-state index in [1.807, 2.05) is 16.8 Å². The molecule has 0 spiro atoms. The number of hydrogen-bond acceptors (Lipinski definition) is 4. The van der Waals surface area contributed by atoms with E-state index in [-0.39, 0.29) is 0 Å². The SMILES string of the molecule is Cc1cccn2nc(NC3CC4CCC(C3)N4)nc12. The molecule has 0 radical (unpaired) electrons. The number of aryl methyl sites for hydroxylation is 1. The molecule has 2 aromatic heterocycles. The van der Waals surface area contributed by atoms with Crippen LogP contribution in [0.25, 0.3) is 5.65 Å². The van der Waals surface area contributed by atoms with Crippen molar-refractivity contribution in [2.24, 2.45) is 0 Å². The number of piperidine rings is 1. The first-order chi connectivity index (χ1) is 9.28. The predicted molar refractivity (Wildman–Crippen MR) is 74.3 cm³/mol. The van der Waals surface area contributed by atoms with E-state index in [0.717, 1.165) is 17.2 Å². The summed E-state index contributed by atoms with van der Waals surface area (Å²) in [6, 6.07) is 5.96. The fourth-order valence-electron chi connectivity index (χ4n) is 3.46. The van der Waals surface area contributed by atoms with E-state index in [1.54, 1.807) is 0 Å². The second-order valence-electron chi connectivity index (χ2n) is 5.85. The van der Waals surface area contributed by atoms with Crippen LogP contribution in [0.1, 0.15) is 31.2 Å². The number of aromatic nitrogens is 3. The summed E-state index contributed by atoms with van der Waals surface area (Å²) >= 11 is 0. The highest BCUT2D eigenvalue weighted by Gasteiger charge is 2.33. The molecule has 0 saturated carbocycles. The summed E-state index contributed by atoms with van der Waals surface area (Å²) in [6.45, 7) is 2.07. The van der Waals surface area contributed by atoms with Gasteiger partial charge in [-0.25, -0.2) is 4.52 Å². The van der Waals surface area contributed by atoms with Gasteiger partial charge in [0.15, 0.2) is 5.65 Å². The summed E-state index contributed by atoms with van der Waals surface area (Å²) in [7, 11) is 0. The molecule has 0 amide bonds. The molecule has 2 aliphatic rings. The highest BCUT2D eigenvalue weighted by Crippen LogP contribution is 2.28. The minimum Gasteiger partial charge on any atom is -0.350 e. The average molecular weight is 257 g/mol. The molecule has 5 heteroatoms. The van der Waals surface area contributed by atoms with Gasteiger partial charge in [0.25, 0.3) is 0 Å². The van der Waals surface area contributed by atoms with Crippen LogP contribution in [0.2, 0.25) is 0 Å². The van der Waals surface area contributed by atoms with Crippen molar-refractivity contribution in [3.63, 3.8) is 0 Å². The third-order valence-electron chi connectivity index (χ3n) is 4.36. The van der Waals surface area contributed by atoms with Gasteiger partial charge in [-0.05, 0) is 44.2 Å². The van der Waals surface area contributed by atoms with Crippen LogP contribution < -0.4 is 10.6 Å². The molecule has 2 bridgehead atoms. The molecule has 2 unspecified atom stereocenters. The van der Waals surface area contributed by atoms with Crippen LogP contribution in [0, 0.1) is 6.92 Å². The Labute approximate surface area is 112 Å². The lowest BCUT2D eigenvalue weighted by atomic mass is 10.0. The Balaban J connectivity index is 1.56. The Bertz CT molecular complexity index is 593. The van der Waals surface area contributed by atoms with Crippen molar-refractivity contribution in [1.82, 2.24) is 19.9 Å². The number of nitrogens with one attached hydrogen (secondary N) is 2. The molecule has 19 heavy (non-hydrogen) atoms. The summed E-state index contributed by atoms with van der Waals surface area (Å²) in [4.78, 5) is 4.60. The van der Waals surface area contributed by atoms with Crippen molar-refractivity contribution in [3.05, 3.63) is 23.9 Å². The molecule has 4 heterocycles. The van der Waals surface area contributed by atoms with Gasteiger partial charge in [0, 0.05) is 24.3 Å². The van der Waals surface area contributed by atoms with E-state index < -0.39 is 0 Å². The van der Waals surface area contributed by atoms with Crippen molar-refractivity contribution in [2.75, 3.05) is 5.32 Å². The first kappa shape index (κ1) is 11.2. The number of nitrogens with zero attached hydrogens (tertiary/aromatic N) is 3. The number of rotatable bonds is 2. The molecule has 2 aliphatic heterocycles. The number of anilines is 1. The van der Waals surface area contributed by atoms with Crippen molar-refractivity contribution < 1.29 is 0 Å². The smallest absolute Gasteiger partial charge is 0.243 e. The minimum atomic E-state index is 0.511. The van der Waals surface area contributed by atoms with Gasteiger partial charge < -0.3 is 10.6 Å². The Morgan fingerprint density at radius 1 is 1.32 bits per heavy atom. The van der Waals surface area contributed by atoms with E-state index in [9.17, 15) is 0 Å². The van der Waals surface area contributed by atoms with Crippen LogP contribution in [0.4, 0.5) is 5.95 Å². The van der Waals surface area contributed by atoms with Crippen LogP contribution in [0.5, 0.6) is 0 Å². The Hall–Kier alpha value is -1.62. The van der Waals surface area contributed by atoms with Gasteiger partial charge in [-0.15, -0.1) is 5.10 Å². The van der Waals surface area contributed by atoms with Crippen molar-refractivity contribution in [1.29, 1.82) is 0 Å². The van der Waals surface area contributed by atoms with Crippen molar-refractivity contribution in [2.45, 2.75) is 50.7 Å². The van der Waals surface area contributed by atoms with Crippen LogP contribution in [-0.4, -0.2) is 32.7 Å².